The molecule has 5 heteroatoms. The normalized spacial score (nSPS) is 24.7. The Kier molecular flexibility index (Phi) is 3.15. The zero-order chi connectivity index (χ0) is 16.0. The number of nitro groups is 1. The third kappa shape index (κ3) is 2.29. The quantitative estimate of drug-likeness (QED) is 0.502. The monoisotopic (exact) mass is 310 g/mol. The number of hydrogen-bond donors (Lipinski definition) is 1. The average molecular weight is 310 g/mol. The van der Waals surface area contributed by atoms with Gasteiger partial charge in [-0.2, -0.15) is 0 Å². The molecule has 4 nitrogen and oxygen atoms in total. The van der Waals surface area contributed by atoms with E-state index in [2.05, 4.69) is 17.5 Å². The van der Waals surface area contributed by atoms with Crippen LogP contribution in [0.25, 0.3) is 0 Å². The molecule has 0 amide bonds. The molecule has 3 atom stereocenters. The van der Waals surface area contributed by atoms with Crippen molar-refractivity contribution in [3.63, 3.8) is 0 Å². The third-order valence-corrected chi connectivity index (χ3v) is 4.79. The minimum Gasteiger partial charge on any atom is -0.378 e. The van der Waals surface area contributed by atoms with E-state index in [0.717, 1.165) is 23.2 Å². The third-order valence-electron chi connectivity index (χ3n) is 4.79. The van der Waals surface area contributed by atoms with E-state index in [1.165, 1.54) is 18.2 Å². The number of rotatable bonds is 2. The van der Waals surface area contributed by atoms with Gasteiger partial charge in [0.1, 0.15) is 5.82 Å². The maximum atomic E-state index is 13.6. The molecule has 116 valence electrons. The first-order chi connectivity index (χ1) is 11.1. The van der Waals surface area contributed by atoms with Crippen LogP contribution in [0.3, 0.4) is 0 Å². The molecule has 1 N–H and O–H groups in total. The predicted octanol–water partition coefficient (Wildman–Crippen LogP) is 4.56. The summed E-state index contributed by atoms with van der Waals surface area (Å²) in [7, 11) is 0. The second-order valence-electron chi connectivity index (χ2n) is 6.06. The van der Waals surface area contributed by atoms with Gasteiger partial charge in [0, 0.05) is 23.7 Å². The number of nitro benzene ring substituents is 1. The van der Waals surface area contributed by atoms with Crippen molar-refractivity contribution >= 4 is 11.4 Å². The van der Waals surface area contributed by atoms with E-state index in [9.17, 15) is 14.5 Å². The fraction of sp³-hybridized carbons (Fsp3) is 0.222. The molecule has 2 aliphatic rings. The van der Waals surface area contributed by atoms with E-state index in [1.807, 2.05) is 0 Å². The Bertz CT molecular complexity index is 801. The molecule has 1 aliphatic heterocycles. The summed E-state index contributed by atoms with van der Waals surface area (Å²) in [4.78, 5) is 10.4. The fourth-order valence-corrected chi connectivity index (χ4v) is 3.70. The highest BCUT2D eigenvalue weighted by atomic mass is 19.1. The van der Waals surface area contributed by atoms with E-state index in [0.29, 0.717) is 5.92 Å². The highest BCUT2D eigenvalue weighted by Crippen LogP contribution is 2.49. The summed E-state index contributed by atoms with van der Waals surface area (Å²) in [6.07, 6.45) is 5.19. The number of nitrogens with zero attached hydrogens (tertiary/aromatic N) is 1. The highest BCUT2D eigenvalue weighted by Gasteiger charge is 2.38. The summed E-state index contributed by atoms with van der Waals surface area (Å²) in [6, 6.07) is 11.6. The van der Waals surface area contributed by atoms with Crippen LogP contribution in [0.1, 0.15) is 29.5 Å². The van der Waals surface area contributed by atoms with Crippen molar-refractivity contribution in [2.24, 2.45) is 5.92 Å². The van der Waals surface area contributed by atoms with Crippen molar-refractivity contribution in [3.8, 4) is 0 Å². The molecule has 0 bridgehead atoms. The first kappa shape index (κ1) is 13.9. The molecule has 0 radical (unpaired) electrons. The van der Waals surface area contributed by atoms with Crippen molar-refractivity contribution in [2.75, 3.05) is 5.32 Å². The number of halogens is 1. The first-order valence-electron chi connectivity index (χ1n) is 7.60. The SMILES string of the molecule is O=[N+]([O-])c1ccc([C@H]2Nc3ccc(F)cc3[C@@H]3C=CC[C@H]23)cc1. The molecule has 0 spiro atoms. The van der Waals surface area contributed by atoms with Gasteiger partial charge in [-0.05, 0) is 41.7 Å². The molecular formula is C18H15FN2O2. The average Bonchev–Trinajstić information content (AvgIpc) is 3.04. The minimum absolute atomic E-state index is 0.0637. The Morgan fingerprint density at radius 3 is 2.70 bits per heavy atom. The van der Waals surface area contributed by atoms with Crippen LogP contribution in [-0.2, 0) is 0 Å². The van der Waals surface area contributed by atoms with Crippen LogP contribution in [0, 0.1) is 21.8 Å². The van der Waals surface area contributed by atoms with Gasteiger partial charge in [0.25, 0.3) is 5.69 Å². The second kappa shape index (κ2) is 5.19. The van der Waals surface area contributed by atoms with Gasteiger partial charge in [-0.3, -0.25) is 10.1 Å². The Hall–Kier alpha value is -2.69. The van der Waals surface area contributed by atoms with Crippen LogP contribution < -0.4 is 5.32 Å². The van der Waals surface area contributed by atoms with E-state index in [-0.39, 0.29) is 23.5 Å². The maximum Gasteiger partial charge on any atom is 0.269 e. The van der Waals surface area contributed by atoms with Crippen molar-refractivity contribution in [2.45, 2.75) is 18.4 Å². The second-order valence-corrected chi connectivity index (χ2v) is 6.06. The molecule has 0 fully saturated rings. The minimum atomic E-state index is -0.393. The molecular weight excluding hydrogens is 295 g/mol. The van der Waals surface area contributed by atoms with Crippen molar-refractivity contribution in [1.29, 1.82) is 0 Å². The number of non-ortho nitro benzene ring substituents is 1. The van der Waals surface area contributed by atoms with Crippen LogP contribution in [-0.4, -0.2) is 4.92 Å². The smallest absolute Gasteiger partial charge is 0.269 e. The Morgan fingerprint density at radius 1 is 1.17 bits per heavy atom. The molecule has 23 heavy (non-hydrogen) atoms. The zero-order valence-electron chi connectivity index (χ0n) is 12.3. The largest absolute Gasteiger partial charge is 0.378 e. The van der Waals surface area contributed by atoms with Crippen LogP contribution in [0.15, 0.2) is 54.6 Å². The van der Waals surface area contributed by atoms with Crippen LogP contribution >= 0.6 is 0 Å². The van der Waals surface area contributed by atoms with E-state index >= 15 is 0 Å². The van der Waals surface area contributed by atoms with Gasteiger partial charge in [-0.25, -0.2) is 4.39 Å². The Balaban J connectivity index is 1.73. The molecule has 0 aromatic heterocycles. The lowest BCUT2D eigenvalue weighted by molar-refractivity contribution is -0.384. The van der Waals surface area contributed by atoms with Crippen LogP contribution in [0.2, 0.25) is 0 Å². The van der Waals surface area contributed by atoms with Crippen molar-refractivity contribution in [1.82, 2.24) is 0 Å². The number of allylic oxidation sites excluding steroid dienone is 2. The van der Waals surface area contributed by atoms with Gasteiger partial charge >= 0.3 is 0 Å². The Labute approximate surface area is 132 Å². The van der Waals surface area contributed by atoms with Gasteiger partial charge < -0.3 is 5.32 Å². The molecule has 2 aromatic carbocycles. The number of nitrogens with one attached hydrogen (secondary N) is 1. The highest BCUT2D eigenvalue weighted by molar-refractivity contribution is 5.60. The Morgan fingerprint density at radius 2 is 1.96 bits per heavy atom. The molecule has 0 unspecified atom stereocenters. The van der Waals surface area contributed by atoms with Crippen LogP contribution in [0.4, 0.5) is 15.8 Å². The molecule has 0 saturated carbocycles. The van der Waals surface area contributed by atoms with Gasteiger partial charge in [-0.15, -0.1) is 0 Å². The number of fused-ring (bicyclic) bond motifs is 3. The summed E-state index contributed by atoms with van der Waals surface area (Å²) in [6.45, 7) is 0. The lowest BCUT2D eigenvalue weighted by Gasteiger charge is -2.37. The molecule has 0 saturated heterocycles. The molecule has 4 rings (SSSR count). The number of benzene rings is 2. The maximum absolute atomic E-state index is 13.6. The fourth-order valence-electron chi connectivity index (χ4n) is 3.70. The number of anilines is 1. The van der Waals surface area contributed by atoms with Gasteiger partial charge in [-0.1, -0.05) is 24.3 Å². The summed E-state index contributed by atoms with van der Waals surface area (Å²) in [5.41, 5.74) is 3.03. The lowest BCUT2D eigenvalue weighted by atomic mass is 9.77. The van der Waals surface area contributed by atoms with Gasteiger partial charge in [0.2, 0.25) is 0 Å². The lowest BCUT2D eigenvalue weighted by Crippen LogP contribution is -2.29. The standard InChI is InChI=1S/C18H15FN2O2/c19-12-6-9-17-16(10-12)14-2-1-3-15(14)18(20-17)11-4-7-13(8-5-11)21(22)23/h1-2,4-10,14-15,18,20H,3H2/t14-,15+,18-/m1/s1. The van der Waals surface area contributed by atoms with E-state index in [4.69, 9.17) is 0 Å². The topological polar surface area (TPSA) is 55.2 Å². The van der Waals surface area contributed by atoms with Crippen molar-refractivity contribution < 1.29 is 9.31 Å². The first-order valence-corrected chi connectivity index (χ1v) is 7.60. The molecule has 1 heterocycles. The predicted molar refractivity (Wildman–Crippen MR) is 85.8 cm³/mol. The summed E-state index contributed by atoms with van der Waals surface area (Å²) >= 11 is 0. The van der Waals surface area contributed by atoms with E-state index in [1.54, 1.807) is 24.3 Å². The zero-order valence-corrected chi connectivity index (χ0v) is 12.3. The molecule has 1 aliphatic carbocycles. The summed E-state index contributed by atoms with van der Waals surface area (Å²) < 4.78 is 13.6. The van der Waals surface area contributed by atoms with Gasteiger partial charge in [0.05, 0.1) is 11.0 Å². The van der Waals surface area contributed by atoms with Gasteiger partial charge in [0.15, 0.2) is 0 Å². The molecule has 2 aromatic rings. The summed E-state index contributed by atoms with van der Waals surface area (Å²) in [5, 5.41) is 14.3. The van der Waals surface area contributed by atoms with Crippen molar-refractivity contribution in [3.05, 3.63) is 81.7 Å². The summed E-state index contributed by atoms with van der Waals surface area (Å²) in [5.74, 6) is 0.256. The number of hydrogen-bond acceptors (Lipinski definition) is 3. The van der Waals surface area contributed by atoms with E-state index < -0.39 is 4.92 Å². The van der Waals surface area contributed by atoms with Crippen LogP contribution in [0.5, 0.6) is 0 Å².